The molecule has 6 heteroatoms. The number of hydrogen-bond acceptors (Lipinski definition) is 4. The Labute approximate surface area is 121 Å². The molecule has 20 heavy (non-hydrogen) atoms. The van der Waals surface area contributed by atoms with Crippen LogP contribution in [0.15, 0.2) is 0 Å². The van der Waals surface area contributed by atoms with E-state index in [4.69, 9.17) is 5.73 Å². The molecule has 0 radical (unpaired) electrons. The smallest absolute Gasteiger partial charge is 0.407 e. The molecule has 1 rings (SSSR count). The Morgan fingerprint density at radius 2 is 2.10 bits per heavy atom. The standard InChI is InChI=1S/C14H27N3O3/c1-14(2,7-8-15)6-4-12(18)17-9-5-11(10-17)16-13(19)20-3/h11H,4-10,15H2,1-3H3,(H,16,19). The lowest BCUT2D eigenvalue weighted by molar-refractivity contribution is -0.130. The van der Waals surface area contributed by atoms with Gasteiger partial charge in [0.25, 0.3) is 0 Å². The molecule has 0 aromatic carbocycles. The van der Waals surface area contributed by atoms with Gasteiger partial charge in [0.2, 0.25) is 5.91 Å². The number of carbonyl (C=O) groups excluding carboxylic acids is 2. The fraction of sp³-hybridized carbons (Fsp3) is 0.857. The van der Waals surface area contributed by atoms with Crippen LogP contribution in [0, 0.1) is 5.41 Å². The molecule has 6 nitrogen and oxygen atoms in total. The Kier molecular flexibility index (Phi) is 6.26. The topological polar surface area (TPSA) is 84.7 Å². The number of nitrogens with zero attached hydrogens (tertiary/aromatic N) is 1. The highest BCUT2D eigenvalue weighted by Gasteiger charge is 2.28. The van der Waals surface area contributed by atoms with Crippen molar-refractivity contribution >= 4 is 12.0 Å². The molecule has 1 saturated heterocycles. The number of ether oxygens (including phenoxy) is 1. The van der Waals surface area contributed by atoms with Crippen molar-refractivity contribution in [3.8, 4) is 0 Å². The van der Waals surface area contributed by atoms with Gasteiger partial charge in [-0.3, -0.25) is 4.79 Å². The Morgan fingerprint density at radius 3 is 2.70 bits per heavy atom. The number of amides is 2. The number of nitrogens with two attached hydrogens (primary N) is 1. The average molecular weight is 285 g/mol. The van der Waals surface area contributed by atoms with Crippen molar-refractivity contribution in [3.63, 3.8) is 0 Å². The van der Waals surface area contributed by atoms with E-state index in [1.807, 2.05) is 4.90 Å². The SMILES string of the molecule is COC(=O)NC1CCN(C(=O)CCC(C)(C)CCN)C1. The molecule has 1 fully saturated rings. The molecule has 0 spiro atoms. The predicted molar refractivity (Wildman–Crippen MR) is 77.2 cm³/mol. The van der Waals surface area contributed by atoms with Crippen LogP contribution in [0.25, 0.3) is 0 Å². The molecule has 0 bridgehead atoms. The number of methoxy groups -OCH3 is 1. The molecule has 1 aliphatic heterocycles. The van der Waals surface area contributed by atoms with Gasteiger partial charge in [-0.1, -0.05) is 13.8 Å². The van der Waals surface area contributed by atoms with Crippen molar-refractivity contribution in [2.75, 3.05) is 26.7 Å². The number of carbonyl (C=O) groups is 2. The number of rotatable bonds is 6. The van der Waals surface area contributed by atoms with Crippen molar-refractivity contribution in [2.24, 2.45) is 11.1 Å². The first-order valence-electron chi connectivity index (χ1n) is 7.20. The lowest BCUT2D eigenvalue weighted by atomic mass is 9.84. The van der Waals surface area contributed by atoms with E-state index >= 15 is 0 Å². The zero-order valence-corrected chi connectivity index (χ0v) is 12.8. The number of likely N-dealkylation sites (tertiary alicyclic amines) is 1. The maximum atomic E-state index is 12.1. The second kappa shape index (κ2) is 7.47. The highest BCUT2D eigenvalue weighted by Crippen LogP contribution is 2.26. The Hall–Kier alpha value is -1.30. The highest BCUT2D eigenvalue weighted by atomic mass is 16.5. The summed E-state index contributed by atoms with van der Waals surface area (Å²) in [7, 11) is 1.34. The van der Waals surface area contributed by atoms with Gasteiger partial charge < -0.3 is 20.7 Å². The van der Waals surface area contributed by atoms with E-state index in [1.165, 1.54) is 7.11 Å². The maximum absolute atomic E-state index is 12.1. The highest BCUT2D eigenvalue weighted by molar-refractivity contribution is 5.76. The molecule has 0 aromatic heterocycles. The molecular weight excluding hydrogens is 258 g/mol. The first-order valence-corrected chi connectivity index (χ1v) is 7.20. The van der Waals surface area contributed by atoms with E-state index in [1.54, 1.807) is 0 Å². The minimum absolute atomic E-state index is 0.00320. The Morgan fingerprint density at radius 1 is 1.40 bits per heavy atom. The van der Waals surface area contributed by atoms with E-state index in [-0.39, 0.29) is 17.4 Å². The van der Waals surface area contributed by atoms with Crippen LogP contribution in [0.1, 0.15) is 39.5 Å². The second-order valence-electron chi connectivity index (χ2n) is 6.16. The molecule has 1 unspecified atom stereocenters. The van der Waals surface area contributed by atoms with Gasteiger partial charge in [0.15, 0.2) is 0 Å². The minimum Gasteiger partial charge on any atom is -0.453 e. The van der Waals surface area contributed by atoms with Crippen molar-refractivity contribution in [1.29, 1.82) is 0 Å². The molecule has 116 valence electrons. The third-order valence-electron chi connectivity index (χ3n) is 3.89. The van der Waals surface area contributed by atoms with Crippen LogP contribution in [0.2, 0.25) is 0 Å². The second-order valence-corrected chi connectivity index (χ2v) is 6.16. The first kappa shape index (κ1) is 16.8. The summed E-state index contributed by atoms with van der Waals surface area (Å²) in [6.07, 6.45) is 2.65. The lowest BCUT2D eigenvalue weighted by Gasteiger charge is -2.25. The summed E-state index contributed by atoms with van der Waals surface area (Å²) in [6, 6.07) is 0.00320. The number of hydrogen-bond donors (Lipinski definition) is 2. The first-order chi connectivity index (χ1) is 9.38. The van der Waals surface area contributed by atoms with Crippen LogP contribution in [0.3, 0.4) is 0 Å². The Balaban J connectivity index is 2.33. The van der Waals surface area contributed by atoms with Crippen LogP contribution < -0.4 is 11.1 Å². The van der Waals surface area contributed by atoms with Gasteiger partial charge in [0, 0.05) is 19.5 Å². The normalized spacial score (nSPS) is 19.0. The molecule has 3 N–H and O–H groups in total. The summed E-state index contributed by atoms with van der Waals surface area (Å²) >= 11 is 0. The van der Waals surface area contributed by atoms with E-state index < -0.39 is 6.09 Å². The van der Waals surface area contributed by atoms with E-state index in [2.05, 4.69) is 23.9 Å². The fourth-order valence-corrected chi connectivity index (χ4v) is 2.45. The predicted octanol–water partition coefficient (Wildman–Crippen LogP) is 1.10. The summed E-state index contributed by atoms with van der Waals surface area (Å²) in [5, 5.41) is 2.73. The largest absolute Gasteiger partial charge is 0.453 e. The molecule has 1 aliphatic rings. The minimum atomic E-state index is -0.437. The summed E-state index contributed by atoms with van der Waals surface area (Å²) in [5.74, 6) is 0.157. The summed E-state index contributed by atoms with van der Waals surface area (Å²) < 4.78 is 4.56. The van der Waals surface area contributed by atoms with Gasteiger partial charge >= 0.3 is 6.09 Å². The van der Waals surface area contributed by atoms with Crippen LogP contribution in [0.5, 0.6) is 0 Å². The van der Waals surface area contributed by atoms with Gasteiger partial charge in [0.05, 0.1) is 13.2 Å². The van der Waals surface area contributed by atoms with Gasteiger partial charge in [-0.05, 0) is 31.2 Å². The van der Waals surface area contributed by atoms with Crippen LogP contribution in [-0.4, -0.2) is 49.7 Å². The molecule has 1 atom stereocenters. The lowest BCUT2D eigenvalue weighted by Crippen LogP contribution is -2.38. The van der Waals surface area contributed by atoms with Gasteiger partial charge in [-0.2, -0.15) is 0 Å². The zero-order chi connectivity index (χ0) is 15.2. The van der Waals surface area contributed by atoms with Crippen LogP contribution in [-0.2, 0) is 9.53 Å². The zero-order valence-electron chi connectivity index (χ0n) is 12.8. The summed E-state index contributed by atoms with van der Waals surface area (Å²) in [6.45, 7) is 6.20. The van der Waals surface area contributed by atoms with E-state index in [9.17, 15) is 9.59 Å². The van der Waals surface area contributed by atoms with E-state index in [0.29, 0.717) is 26.1 Å². The van der Waals surface area contributed by atoms with Crippen LogP contribution >= 0.6 is 0 Å². The molecule has 2 amide bonds. The fourth-order valence-electron chi connectivity index (χ4n) is 2.45. The molecule has 1 heterocycles. The van der Waals surface area contributed by atoms with Crippen LogP contribution in [0.4, 0.5) is 4.79 Å². The van der Waals surface area contributed by atoms with Gasteiger partial charge in [-0.15, -0.1) is 0 Å². The molecule has 0 saturated carbocycles. The van der Waals surface area contributed by atoms with Crippen molar-refractivity contribution in [3.05, 3.63) is 0 Å². The number of alkyl carbamates (subject to hydrolysis) is 1. The number of nitrogens with one attached hydrogen (secondary N) is 1. The summed E-state index contributed by atoms with van der Waals surface area (Å²) in [4.78, 5) is 25.1. The monoisotopic (exact) mass is 285 g/mol. The Bertz CT molecular complexity index is 345. The molecule has 0 aromatic rings. The maximum Gasteiger partial charge on any atom is 0.407 e. The van der Waals surface area contributed by atoms with E-state index in [0.717, 1.165) is 19.3 Å². The molecule has 0 aliphatic carbocycles. The van der Waals surface area contributed by atoms with Crippen molar-refractivity contribution < 1.29 is 14.3 Å². The van der Waals surface area contributed by atoms with Crippen molar-refractivity contribution in [2.45, 2.75) is 45.6 Å². The summed E-state index contributed by atoms with van der Waals surface area (Å²) in [5.41, 5.74) is 5.68. The van der Waals surface area contributed by atoms with Gasteiger partial charge in [0.1, 0.15) is 0 Å². The van der Waals surface area contributed by atoms with Crippen molar-refractivity contribution in [1.82, 2.24) is 10.2 Å². The third kappa shape index (κ3) is 5.36. The van der Waals surface area contributed by atoms with Gasteiger partial charge in [-0.25, -0.2) is 4.79 Å². The quantitative estimate of drug-likeness (QED) is 0.765. The molecular formula is C14H27N3O3. The third-order valence-corrected chi connectivity index (χ3v) is 3.89. The average Bonchev–Trinajstić information content (AvgIpc) is 2.84.